The van der Waals surface area contributed by atoms with Gasteiger partial charge in [-0.1, -0.05) is 0 Å². The summed E-state index contributed by atoms with van der Waals surface area (Å²) in [7, 11) is 0. The fraction of sp³-hybridized carbons (Fsp3) is 0.800. The average molecular weight is 245 g/mol. The Bertz CT molecular complexity index is 380. The van der Waals surface area contributed by atoms with Gasteiger partial charge in [-0.25, -0.2) is 4.98 Å². The van der Waals surface area contributed by atoms with Crippen molar-refractivity contribution >= 4 is 0 Å². The molecule has 3 heteroatoms. The first-order valence-corrected chi connectivity index (χ1v) is 7.65. The standard InChI is InChI=1S/C15H23N3/c1-2-13(14(3-1)18-9-8-16-10-18)17-15(11-4-5-11)12-6-7-12/h8-15,17H,1-7H2. The zero-order valence-corrected chi connectivity index (χ0v) is 11.0. The lowest BCUT2D eigenvalue weighted by Gasteiger charge is -2.28. The summed E-state index contributed by atoms with van der Waals surface area (Å²) >= 11 is 0. The topological polar surface area (TPSA) is 29.9 Å². The second-order valence-electron chi connectivity index (χ2n) is 6.48. The molecule has 3 aliphatic rings. The number of hydrogen-bond donors (Lipinski definition) is 1. The molecule has 3 aliphatic carbocycles. The number of nitrogens with zero attached hydrogens (tertiary/aromatic N) is 2. The lowest BCUT2D eigenvalue weighted by molar-refractivity contribution is 0.311. The fourth-order valence-corrected chi connectivity index (χ4v) is 3.77. The third-order valence-corrected chi connectivity index (χ3v) is 5.05. The van der Waals surface area contributed by atoms with Crippen LogP contribution in [0.2, 0.25) is 0 Å². The van der Waals surface area contributed by atoms with Crippen molar-refractivity contribution in [3.05, 3.63) is 18.7 Å². The van der Waals surface area contributed by atoms with E-state index < -0.39 is 0 Å². The zero-order chi connectivity index (χ0) is 11.9. The molecule has 2 atom stereocenters. The average Bonchev–Trinajstić information content (AvgIpc) is 3.30. The molecule has 0 aliphatic heterocycles. The summed E-state index contributed by atoms with van der Waals surface area (Å²) in [6.07, 6.45) is 15.9. The Morgan fingerprint density at radius 3 is 2.44 bits per heavy atom. The van der Waals surface area contributed by atoms with Gasteiger partial charge in [-0.05, 0) is 56.8 Å². The summed E-state index contributed by atoms with van der Waals surface area (Å²) in [5, 5.41) is 4.03. The van der Waals surface area contributed by atoms with Crippen LogP contribution in [0.5, 0.6) is 0 Å². The van der Waals surface area contributed by atoms with Gasteiger partial charge in [0.25, 0.3) is 0 Å². The van der Waals surface area contributed by atoms with E-state index in [-0.39, 0.29) is 0 Å². The van der Waals surface area contributed by atoms with Crippen molar-refractivity contribution in [1.82, 2.24) is 14.9 Å². The summed E-state index contributed by atoms with van der Waals surface area (Å²) in [5.41, 5.74) is 0. The van der Waals surface area contributed by atoms with Crippen molar-refractivity contribution < 1.29 is 0 Å². The molecule has 0 spiro atoms. The molecule has 18 heavy (non-hydrogen) atoms. The maximum atomic E-state index is 4.21. The molecule has 3 saturated carbocycles. The van der Waals surface area contributed by atoms with Crippen molar-refractivity contribution in [2.75, 3.05) is 0 Å². The molecule has 1 heterocycles. The normalized spacial score (nSPS) is 32.3. The Balaban J connectivity index is 1.46. The first-order valence-electron chi connectivity index (χ1n) is 7.65. The maximum Gasteiger partial charge on any atom is 0.0949 e. The van der Waals surface area contributed by atoms with Gasteiger partial charge >= 0.3 is 0 Å². The van der Waals surface area contributed by atoms with Crippen LogP contribution in [0.4, 0.5) is 0 Å². The molecule has 4 rings (SSSR count). The van der Waals surface area contributed by atoms with Crippen LogP contribution in [0, 0.1) is 11.8 Å². The van der Waals surface area contributed by atoms with Crippen molar-refractivity contribution in [2.24, 2.45) is 11.8 Å². The highest BCUT2D eigenvalue weighted by Gasteiger charge is 2.43. The summed E-state index contributed by atoms with van der Waals surface area (Å²) in [6, 6.07) is 2.16. The van der Waals surface area contributed by atoms with Crippen LogP contribution in [0.15, 0.2) is 18.7 Å². The van der Waals surface area contributed by atoms with Crippen LogP contribution in [0.3, 0.4) is 0 Å². The minimum atomic E-state index is 0.646. The van der Waals surface area contributed by atoms with Crippen LogP contribution >= 0.6 is 0 Å². The van der Waals surface area contributed by atoms with E-state index in [1.54, 1.807) is 0 Å². The van der Waals surface area contributed by atoms with Crippen molar-refractivity contribution in [1.29, 1.82) is 0 Å². The fourth-order valence-electron chi connectivity index (χ4n) is 3.77. The lowest BCUT2D eigenvalue weighted by atomic mass is 10.0. The van der Waals surface area contributed by atoms with Gasteiger partial charge in [0.15, 0.2) is 0 Å². The quantitative estimate of drug-likeness (QED) is 0.864. The molecule has 0 amide bonds. The summed E-state index contributed by atoms with van der Waals surface area (Å²) in [4.78, 5) is 4.21. The highest BCUT2D eigenvalue weighted by Crippen LogP contribution is 2.45. The van der Waals surface area contributed by atoms with E-state index in [2.05, 4.69) is 21.1 Å². The van der Waals surface area contributed by atoms with E-state index in [1.165, 1.54) is 44.9 Å². The summed E-state index contributed by atoms with van der Waals surface area (Å²) < 4.78 is 2.32. The van der Waals surface area contributed by atoms with E-state index in [9.17, 15) is 0 Å². The number of aromatic nitrogens is 2. The maximum absolute atomic E-state index is 4.21. The molecule has 1 aromatic heterocycles. The van der Waals surface area contributed by atoms with Crippen LogP contribution in [-0.4, -0.2) is 21.6 Å². The Kier molecular flexibility index (Phi) is 2.68. The van der Waals surface area contributed by atoms with E-state index in [0.29, 0.717) is 12.1 Å². The van der Waals surface area contributed by atoms with Gasteiger partial charge in [-0.2, -0.15) is 0 Å². The second-order valence-corrected chi connectivity index (χ2v) is 6.48. The molecule has 0 aromatic carbocycles. The van der Waals surface area contributed by atoms with E-state index >= 15 is 0 Å². The lowest BCUT2D eigenvalue weighted by Crippen LogP contribution is -2.43. The molecular weight excluding hydrogens is 222 g/mol. The van der Waals surface area contributed by atoms with Gasteiger partial charge in [-0.15, -0.1) is 0 Å². The van der Waals surface area contributed by atoms with Gasteiger partial charge in [0.1, 0.15) is 0 Å². The zero-order valence-electron chi connectivity index (χ0n) is 11.0. The van der Waals surface area contributed by atoms with Gasteiger partial charge in [0, 0.05) is 30.5 Å². The largest absolute Gasteiger partial charge is 0.333 e. The predicted molar refractivity (Wildman–Crippen MR) is 71.3 cm³/mol. The smallest absolute Gasteiger partial charge is 0.0949 e. The first-order chi connectivity index (χ1) is 8.92. The van der Waals surface area contributed by atoms with Gasteiger partial charge < -0.3 is 9.88 Å². The number of hydrogen-bond acceptors (Lipinski definition) is 2. The van der Waals surface area contributed by atoms with E-state index in [0.717, 1.165) is 17.9 Å². The van der Waals surface area contributed by atoms with E-state index in [4.69, 9.17) is 0 Å². The molecule has 2 unspecified atom stereocenters. The van der Waals surface area contributed by atoms with Crippen LogP contribution in [0.25, 0.3) is 0 Å². The first kappa shape index (κ1) is 11.0. The highest BCUT2D eigenvalue weighted by atomic mass is 15.1. The summed E-state index contributed by atoms with van der Waals surface area (Å²) in [6.45, 7) is 0. The van der Waals surface area contributed by atoms with Crippen LogP contribution in [0.1, 0.15) is 51.0 Å². The summed E-state index contributed by atoms with van der Waals surface area (Å²) in [5.74, 6) is 2.00. The minimum absolute atomic E-state index is 0.646. The predicted octanol–water partition coefficient (Wildman–Crippen LogP) is 2.75. The molecule has 3 fully saturated rings. The Hall–Kier alpha value is -0.830. The highest BCUT2D eigenvalue weighted by molar-refractivity contribution is 5.00. The molecule has 98 valence electrons. The Morgan fingerprint density at radius 2 is 1.83 bits per heavy atom. The second kappa shape index (κ2) is 4.37. The monoisotopic (exact) mass is 245 g/mol. The van der Waals surface area contributed by atoms with Gasteiger partial charge in [0.2, 0.25) is 0 Å². The SMILES string of the molecule is c1cn(C2CCCC2NC(C2CC2)C2CC2)cn1. The van der Waals surface area contributed by atoms with Gasteiger partial charge in [0.05, 0.1) is 6.33 Å². The number of imidazole rings is 1. The van der Waals surface area contributed by atoms with E-state index in [1.807, 2.05) is 12.5 Å². The minimum Gasteiger partial charge on any atom is -0.333 e. The Labute approximate surface area is 109 Å². The number of rotatable bonds is 5. The Morgan fingerprint density at radius 1 is 1.06 bits per heavy atom. The molecule has 0 radical (unpaired) electrons. The van der Waals surface area contributed by atoms with Gasteiger partial charge in [-0.3, -0.25) is 0 Å². The van der Waals surface area contributed by atoms with Crippen LogP contribution < -0.4 is 5.32 Å². The molecule has 0 bridgehead atoms. The molecule has 0 saturated heterocycles. The number of nitrogens with one attached hydrogen (secondary N) is 1. The van der Waals surface area contributed by atoms with Crippen molar-refractivity contribution in [3.63, 3.8) is 0 Å². The third kappa shape index (κ3) is 2.09. The molecule has 1 aromatic rings. The molecular formula is C15H23N3. The third-order valence-electron chi connectivity index (χ3n) is 5.05. The van der Waals surface area contributed by atoms with Crippen molar-refractivity contribution in [2.45, 2.75) is 63.1 Å². The molecule has 1 N–H and O–H groups in total. The van der Waals surface area contributed by atoms with Crippen LogP contribution in [-0.2, 0) is 0 Å². The van der Waals surface area contributed by atoms with Crippen molar-refractivity contribution in [3.8, 4) is 0 Å². The molecule has 3 nitrogen and oxygen atoms in total.